The number of ether oxygens (including phenoxy) is 3. The van der Waals surface area contributed by atoms with Gasteiger partial charge in [-0.15, -0.1) is 0 Å². The van der Waals surface area contributed by atoms with Gasteiger partial charge in [-0.1, -0.05) is 48.5 Å². The lowest BCUT2D eigenvalue weighted by Crippen LogP contribution is -2.78. The molecule has 0 bridgehead atoms. The number of fused-ring (bicyclic) bond motifs is 10. The molecule has 6 aromatic carbocycles. The second kappa shape index (κ2) is 10.8. The van der Waals surface area contributed by atoms with E-state index >= 15 is 0 Å². The highest BCUT2D eigenvalue weighted by Gasteiger charge is 2.60. The van der Waals surface area contributed by atoms with E-state index in [1.165, 1.54) is 0 Å². The summed E-state index contributed by atoms with van der Waals surface area (Å²) in [6, 6.07) is 41.7. The third kappa shape index (κ3) is 3.95. The Bertz CT molecular complexity index is 2450. The Labute approximate surface area is 288 Å². The summed E-state index contributed by atoms with van der Waals surface area (Å²) in [6.45, 7) is 15.7. The zero-order valence-electron chi connectivity index (χ0n) is 26.0. The van der Waals surface area contributed by atoms with Crippen LogP contribution in [0.3, 0.4) is 0 Å². The second-order valence-corrected chi connectivity index (χ2v) is 15.1. The van der Waals surface area contributed by atoms with Gasteiger partial charge in [-0.2, -0.15) is 10.5 Å². The second-order valence-electron chi connectivity index (χ2n) is 11.8. The van der Waals surface area contributed by atoms with Crippen LogP contribution in [0.4, 0.5) is 34.1 Å². The maximum Gasteiger partial charge on any atom is 0.348 e. The van der Waals surface area contributed by atoms with Gasteiger partial charge in [0.05, 0.1) is 59.2 Å². The zero-order chi connectivity index (χ0) is 34.0. The average Bonchev–Trinajstić information content (AvgIpc) is 3.35. The van der Waals surface area contributed by atoms with E-state index in [0.717, 1.165) is 21.7 Å². The van der Waals surface area contributed by atoms with Crippen LogP contribution >= 0.6 is 0 Å². The van der Waals surface area contributed by atoms with E-state index in [9.17, 15) is 10.5 Å². The van der Waals surface area contributed by atoms with Gasteiger partial charge >= 0.3 is 8.40 Å². The molecular formula is C40H20N6O3Si. The van der Waals surface area contributed by atoms with Crippen molar-refractivity contribution in [1.29, 1.82) is 10.5 Å². The topological polar surface area (TPSA) is 90.5 Å². The number of anilines is 4. The summed E-state index contributed by atoms with van der Waals surface area (Å²) in [5.74, 6) is 2.92. The molecule has 50 heavy (non-hydrogen) atoms. The molecule has 0 aliphatic carbocycles. The molecule has 3 aliphatic heterocycles. The molecule has 10 heteroatoms. The molecule has 0 saturated heterocycles. The highest BCUT2D eigenvalue weighted by atomic mass is 28.3. The molecule has 3 heterocycles. The van der Waals surface area contributed by atoms with Crippen molar-refractivity contribution in [3.63, 3.8) is 0 Å². The van der Waals surface area contributed by atoms with Crippen LogP contribution in [0.25, 0.3) is 9.69 Å². The number of rotatable bonds is 0. The first kappa shape index (κ1) is 28.7. The Kier molecular flexibility index (Phi) is 6.18. The summed E-state index contributed by atoms with van der Waals surface area (Å²) in [7, 11) is -3.91. The lowest BCUT2D eigenvalue weighted by Gasteiger charge is -2.51. The standard InChI is InChI=1S/C40H20N6O3Si/c1-43-27-13-16-32-36(21-27)49-38-22-28(44-2)14-18-40(38)50-39-17-12-26(24-42)20-37(39)48-35-19-25(23-41)11-15-31(35)45(50)29-7-3-5-9-33(29)47-34-10-6-4-8-30(34)46(32)50/h3-22H. The third-order valence-electron chi connectivity index (χ3n) is 9.12. The zero-order valence-corrected chi connectivity index (χ0v) is 27.0. The van der Waals surface area contributed by atoms with E-state index in [2.05, 4.69) is 31.0 Å². The Balaban J connectivity index is 1.58. The van der Waals surface area contributed by atoms with Crippen LogP contribution in [-0.2, 0) is 0 Å². The monoisotopic (exact) mass is 660 g/mol. The minimum Gasteiger partial charge on any atom is -0.458 e. The van der Waals surface area contributed by atoms with E-state index in [-0.39, 0.29) is 0 Å². The molecule has 6 aromatic rings. The Morgan fingerprint density at radius 3 is 1.50 bits per heavy atom. The number of hydrogen-bond acceptors (Lipinski definition) is 7. The van der Waals surface area contributed by atoms with Gasteiger partial charge in [0.1, 0.15) is 28.7 Å². The number of benzene rings is 6. The number of nitriles is 2. The van der Waals surface area contributed by atoms with Gasteiger partial charge in [-0.25, -0.2) is 9.69 Å². The predicted molar refractivity (Wildman–Crippen MR) is 190 cm³/mol. The van der Waals surface area contributed by atoms with Crippen molar-refractivity contribution in [2.45, 2.75) is 0 Å². The van der Waals surface area contributed by atoms with Crippen molar-refractivity contribution in [1.82, 2.24) is 0 Å². The lowest BCUT2D eigenvalue weighted by atomic mass is 10.2. The lowest BCUT2D eigenvalue weighted by molar-refractivity contribution is 0.482. The van der Waals surface area contributed by atoms with Crippen molar-refractivity contribution in [2.75, 3.05) is 9.13 Å². The molecular weight excluding hydrogens is 641 g/mol. The summed E-state index contributed by atoms with van der Waals surface area (Å²) in [5.41, 5.74) is 4.36. The molecule has 1 atom stereocenters. The van der Waals surface area contributed by atoms with Crippen molar-refractivity contribution >= 4 is 52.9 Å². The molecule has 0 amide bonds. The van der Waals surface area contributed by atoms with Gasteiger partial charge in [0.2, 0.25) is 0 Å². The van der Waals surface area contributed by atoms with Gasteiger partial charge in [0.25, 0.3) is 0 Å². The molecule has 0 N–H and O–H groups in total. The average molecular weight is 661 g/mol. The van der Waals surface area contributed by atoms with Gasteiger partial charge in [0, 0.05) is 16.4 Å². The molecule has 0 fully saturated rings. The van der Waals surface area contributed by atoms with Crippen molar-refractivity contribution in [3.8, 4) is 46.6 Å². The van der Waals surface area contributed by atoms with E-state index < -0.39 is 8.40 Å². The third-order valence-corrected chi connectivity index (χ3v) is 13.7. The first-order valence-corrected chi connectivity index (χ1v) is 17.4. The van der Waals surface area contributed by atoms with Crippen molar-refractivity contribution in [3.05, 3.63) is 155 Å². The van der Waals surface area contributed by atoms with Crippen LogP contribution in [0.1, 0.15) is 11.1 Å². The van der Waals surface area contributed by atoms with E-state index in [4.69, 9.17) is 27.4 Å². The Hall–Kier alpha value is -7.50. The smallest absolute Gasteiger partial charge is 0.348 e. The number of para-hydroxylation sites is 4. The van der Waals surface area contributed by atoms with Gasteiger partial charge in [-0.3, -0.25) is 0 Å². The van der Waals surface area contributed by atoms with Gasteiger partial charge in [-0.05, 0) is 66.7 Å². The molecule has 3 aliphatic rings. The molecule has 0 aromatic heterocycles. The van der Waals surface area contributed by atoms with Crippen molar-refractivity contribution < 1.29 is 14.2 Å². The largest absolute Gasteiger partial charge is 0.458 e. The molecule has 232 valence electrons. The summed E-state index contributed by atoms with van der Waals surface area (Å²) in [4.78, 5) is 7.46. The van der Waals surface area contributed by atoms with Crippen LogP contribution in [0, 0.1) is 35.8 Å². The van der Waals surface area contributed by atoms with Crippen molar-refractivity contribution in [2.24, 2.45) is 0 Å². The fourth-order valence-corrected chi connectivity index (χ4v) is 12.3. The van der Waals surface area contributed by atoms with Crippen LogP contribution < -0.4 is 33.7 Å². The molecule has 0 radical (unpaired) electrons. The highest BCUT2D eigenvalue weighted by Crippen LogP contribution is 2.56. The van der Waals surface area contributed by atoms with E-state index in [0.29, 0.717) is 68.4 Å². The Morgan fingerprint density at radius 2 is 0.900 bits per heavy atom. The summed E-state index contributed by atoms with van der Waals surface area (Å²) < 4.78 is 25.0. The summed E-state index contributed by atoms with van der Waals surface area (Å²) in [5, 5.41) is 21.6. The molecule has 9 rings (SSSR count). The first-order chi connectivity index (χ1) is 24.6. The highest BCUT2D eigenvalue weighted by molar-refractivity contribution is 7.10. The van der Waals surface area contributed by atoms with Crippen LogP contribution in [-0.4, -0.2) is 8.40 Å². The predicted octanol–water partition coefficient (Wildman–Crippen LogP) is 9.08. The normalized spacial score (nSPS) is 15.6. The van der Waals surface area contributed by atoms with Crippen LogP contribution in [0.5, 0.6) is 34.5 Å². The van der Waals surface area contributed by atoms with Crippen LogP contribution in [0.15, 0.2) is 121 Å². The minimum atomic E-state index is -3.91. The van der Waals surface area contributed by atoms with E-state index in [1.807, 2.05) is 72.8 Å². The molecule has 9 nitrogen and oxygen atoms in total. The fourth-order valence-electron chi connectivity index (χ4n) is 7.10. The maximum absolute atomic E-state index is 10.1. The van der Waals surface area contributed by atoms with E-state index in [1.54, 1.807) is 48.5 Å². The SMILES string of the molecule is [C-]#[N+]c1ccc2c(c1)Oc1cc([N+]#[C-])ccc1[Si]13c4ccc(C#N)cc4Oc4cc(C#N)ccc4N1c1ccccc1Oc1ccccc1N23. The Morgan fingerprint density at radius 1 is 0.480 bits per heavy atom. The molecule has 1 spiro atoms. The number of hydrogen-bond donors (Lipinski definition) is 0. The fraction of sp³-hybridized carbons (Fsp3) is 0. The summed E-state index contributed by atoms with van der Waals surface area (Å²) >= 11 is 0. The van der Waals surface area contributed by atoms with Crippen LogP contribution in [0.2, 0.25) is 0 Å². The molecule has 0 saturated carbocycles. The molecule has 1 unspecified atom stereocenters. The maximum atomic E-state index is 10.1. The van der Waals surface area contributed by atoms with Gasteiger partial charge < -0.3 is 23.3 Å². The number of nitrogens with zero attached hydrogens (tertiary/aromatic N) is 6. The van der Waals surface area contributed by atoms with Gasteiger partial charge in [0.15, 0.2) is 17.1 Å². The summed E-state index contributed by atoms with van der Waals surface area (Å²) in [6.07, 6.45) is 0. The quantitative estimate of drug-likeness (QED) is 0.119. The minimum absolute atomic E-state index is 0.385. The first-order valence-electron chi connectivity index (χ1n) is 15.5.